The van der Waals surface area contributed by atoms with Crippen molar-refractivity contribution >= 4 is 5.69 Å². The van der Waals surface area contributed by atoms with Crippen LogP contribution in [0.3, 0.4) is 0 Å². The van der Waals surface area contributed by atoms with Gasteiger partial charge in [0.25, 0.3) is 0 Å². The van der Waals surface area contributed by atoms with E-state index in [1.54, 1.807) is 0 Å². The highest BCUT2D eigenvalue weighted by atomic mass is 15.2. The van der Waals surface area contributed by atoms with Gasteiger partial charge in [0, 0.05) is 35.9 Å². The molecule has 5 unspecified atom stereocenters. The minimum atomic E-state index is 0.0488. The van der Waals surface area contributed by atoms with Gasteiger partial charge in [-0.05, 0) is 80.0 Å². The molecule has 0 N–H and O–H groups in total. The van der Waals surface area contributed by atoms with E-state index in [1.807, 2.05) is 0 Å². The standard InChI is InChI=1S/C32H44N2/c1-7-13-29-23(3)24(4)34-21-27-15-8-9-17-28(27)30-18-10-11-19-33(30)25(5)32(29,6)20-26-16-12-14-22(2)31(26)34/h8-9,12,14-17,23-24,29-30H,5,7,10-11,13,18-21H2,1-4,6H3. The monoisotopic (exact) mass is 456 g/mol. The highest BCUT2D eigenvalue weighted by Crippen LogP contribution is 2.53. The van der Waals surface area contributed by atoms with Crippen molar-refractivity contribution in [3.05, 3.63) is 77.0 Å². The van der Waals surface area contributed by atoms with E-state index in [0.29, 0.717) is 23.9 Å². The van der Waals surface area contributed by atoms with E-state index < -0.39 is 0 Å². The van der Waals surface area contributed by atoms with Crippen LogP contribution in [0.4, 0.5) is 5.69 Å². The Bertz CT molecular complexity index is 1050. The van der Waals surface area contributed by atoms with Crippen molar-refractivity contribution in [1.29, 1.82) is 0 Å². The summed E-state index contributed by atoms with van der Waals surface area (Å²) in [6.07, 6.45) is 7.41. The first-order chi connectivity index (χ1) is 16.4. The molecule has 0 aromatic heterocycles. The van der Waals surface area contributed by atoms with Crippen molar-refractivity contribution in [2.45, 2.75) is 91.8 Å². The second kappa shape index (κ2) is 9.10. The van der Waals surface area contributed by atoms with E-state index in [4.69, 9.17) is 6.58 Å². The van der Waals surface area contributed by atoms with Gasteiger partial charge in [0.1, 0.15) is 0 Å². The number of anilines is 1. The van der Waals surface area contributed by atoms with Crippen molar-refractivity contribution < 1.29 is 0 Å². The lowest BCUT2D eigenvalue weighted by molar-refractivity contribution is 0.0723. The van der Waals surface area contributed by atoms with E-state index >= 15 is 0 Å². The number of nitrogens with zero attached hydrogens (tertiary/aromatic N) is 2. The Hall–Kier alpha value is -2.22. The van der Waals surface area contributed by atoms with E-state index in [9.17, 15) is 0 Å². The van der Waals surface area contributed by atoms with Crippen molar-refractivity contribution in [1.82, 2.24) is 4.90 Å². The van der Waals surface area contributed by atoms with Crippen LogP contribution in [0.15, 0.2) is 54.7 Å². The summed E-state index contributed by atoms with van der Waals surface area (Å²) in [5.41, 5.74) is 8.87. The summed E-state index contributed by atoms with van der Waals surface area (Å²) in [7, 11) is 0. The molecule has 4 heterocycles. The quantitative estimate of drug-likeness (QED) is 0.451. The Morgan fingerprint density at radius 1 is 1.00 bits per heavy atom. The molecule has 1 saturated heterocycles. The first kappa shape index (κ1) is 23.5. The molecule has 2 aromatic carbocycles. The molecule has 5 atom stereocenters. The number of allylic oxidation sites excluding steroid dienone is 1. The Labute approximate surface area is 208 Å². The maximum Gasteiger partial charge on any atom is 0.0542 e. The summed E-state index contributed by atoms with van der Waals surface area (Å²) >= 11 is 0. The molecule has 0 aliphatic carbocycles. The first-order valence-electron chi connectivity index (χ1n) is 13.8. The van der Waals surface area contributed by atoms with Crippen LogP contribution in [-0.2, 0) is 13.0 Å². The van der Waals surface area contributed by atoms with Gasteiger partial charge >= 0.3 is 0 Å². The maximum absolute atomic E-state index is 4.96. The second-order valence-corrected chi connectivity index (χ2v) is 11.7. The Kier molecular flexibility index (Phi) is 6.29. The van der Waals surface area contributed by atoms with Crippen LogP contribution in [0.2, 0.25) is 0 Å². The number of hydrogen-bond acceptors (Lipinski definition) is 2. The number of aryl methyl sites for hydroxylation is 1. The molecule has 4 aliphatic heterocycles. The van der Waals surface area contributed by atoms with Crippen LogP contribution in [0.25, 0.3) is 0 Å². The zero-order valence-electron chi connectivity index (χ0n) is 22.1. The van der Waals surface area contributed by atoms with E-state index in [-0.39, 0.29) is 5.41 Å². The normalized spacial score (nSPS) is 31.3. The molecule has 2 bridgehead atoms. The molecule has 1 fully saturated rings. The van der Waals surface area contributed by atoms with Gasteiger partial charge < -0.3 is 9.80 Å². The molecule has 6 rings (SSSR count). The average Bonchev–Trinajstić information content (AvgIpc) is 2.86. The van der Waals surface area contributed by atoms with Crippen LogP contribution < -0.4 is 4.90 Å². The third-order valence-electron chi connectivity index (χ3n) is 9.74. The smallest absolute Gasteiger partial charge is 0.0542 e. The number of fused-ring (bicyclic) bond motifs is 2. The first-order valence-corrected chi connectivity index (χ1v) is 13.8. The average molecular weight is 457 g/mol. The molecule has 0 saturated carbocycles. The molecule has 182 valence electrons. The van der Waals surface area contributed by atoms with Crippen molar-refractivity contribution in [3.63, 3.8) is 0 Å². The fourth-order valence-electron chi connectivity index (χ4n) is 7.73. The lowest BCUT2D eigenvalue weighted by Crippen LogP contribution is -2.50. The zero-order chi connectivity index (χ0) is 24.0. The number of piperidine rings is 1. The molecular weight excluding hydrogens is 412 g/mol. The summed E-state index contributed by atoms with van der Waals surface area (Å²) in [5, 5.41) is 0. The molecule has 4 aliphatic rings. The summed E-state index contributed by atoms with van der Waals surface area (Å²) in [4.78, 5) is 5.52. The molecule has 34 heavy (non-hydrogen) atoms. The lowest BCUT2D eigenvalue weighted by atomic mass is 9.61. The van der Waals surface area contributed by atoms with Gasteiger partial charge in [0.05, 0.1) is 6.04 Å². The Morgan fingerprint density at radius 2 is 1.76 bits per heavy atom. The fraction of sp³-hybridized carbons (Fsp3) is 0.562. The van der Waals surface area contributed by atoms with Gasteiger partial charge in [0.15, 0.2) is 0 Å². The van der Waals surface area contributed by atoms with Crippen LogP contribution in [0.5, 0.6) is 0 Å². The topological polar surface area (TPSA) is 6.48 Å². The van der Waals surface area contributed by atoms with Gasteiger partial charge in [-0.15, -0.1) is 0 Å². The van der Waals surface area contributed by atoms with Gasteiger partial charge in [0.2, 0.25) is 0 Å². The highest BCUT2D eigenvalue weighted by molar-refractivity contribution is 5.62. The van der Waals surface area contributed by atoms with Gasteiger partial charge in [-0.3, -0.25) is 0 Å². The predicted octanol–water partition coefficient (Wildman–Crippen LogP) is 8.06. The summed E-state index contributed by atoms with van der Waals surface area (Å²) in [6.45, 7) is 19.4. The third-order valence-corrected chi connectivity index (χ3v) is 9.74. The van der Waals surface area contributed by atoms with Gasteiger partial charge in [-0.25, -0.2) is 0 Å². The summed E-state index contributed by atoms with van der Waals surface area (Å²) < 4.78 is 0. The molecule has 0 amide bonds. The molecule has 0 spiro atoms. The van der Waals surface area contributed by atoms with Crippen LogP contribution in [0.1, 0.15) is 88.1 Å². The van der Waals surface area contributed by atoms with E-state index in [1.165, 1.54) is 65.7 Å². The Morgan fingerprint density at radius 3 is 2.56 bits per heavy atom. The molecule has 2 nitrogen and oxygen atoms in total. The van der Waals surface area contributed by atoms with Gasteiger partial charge in [-0.1, -0.05) is 76.2 Å². The predicted molar refractivity (Wildman–Crippen MR) is 145 cm³/mol. The molecule has 2 aromatic rings. The van der Waals surface area contributed by atoms with Gasteiger partial charge in [-0.2, -0.15) is 0 Å². The van der Waals surface area contributed by atoms with Crippen molar-refractivity contribution in [2.75, 3.05) is 11.4 Å². The van der Waals surface area contributed by atoms with Crippen LogP contribution in [-0.4, -0.2) is 17.5 Å². The second-order valence-electron chi connectivity index (χ2n) is 11.7. The number of rotatable bonds is 2. The zero-order valence-corrected chi connectivity index (χ0v) is 22.1. The maximum atomic E-state index is 4.96. The Balaban J connectivity index is 1.82. The molecule has 0 radical (unpaired) electrons. The number of hydrogen-bond donors (Lipinski definition) is 0. The van der Waals surface area contributed by atoms with E-state index in [2.05, 4.69) is 86.9 Å². The summed E-state index contributed by atoms with van der Waals surface area (Å²) in [5.74, 6) is 1.20. The molecule has 2 heteroatoms. The SMILES string of the molecule is C=C1N2CCCCC2c2ccccc2CN2c3c(C)cccc3CC1(C)C(CCC)C(C)C2C. The van der Waals surface area contributed by atoms with Crippen LogP contribution in [0, 0.1) is 24.2 Å². The largest absolute Gasteiger partial charge is 0.368 e. The number of para-hydroxylation sites is 1. The van der Waals surface area contributed by atoms with Crippen molar-refractivity contribution in [3.8, 4) is 0 Å². The summed E-state index contributed by atoms with van der Waals surface area (Å²) in [6, 6.07) is 17.2. The molecular formula is C32H44N2. The number of benzene rings is 2. The van der Waals surface area contributed by atoms with Crippen molar-refractivity contribution in [2.24, 2.45) is 17.3 Å². The minimum Gasteiger partial charge on any atom is -0.368 e. The third kappa shape index (κ3) is 3.69. The van der Waals surface area contributed by atoms with Crippen LogP contribution >= 0.6 is 0 Å². The lowest BCUT2D eigenvalue weighted by Gasteiger charge is -2.53. The highest BCUT2D eigenvalue weighted by Gasteiger charge is 2.47. The minimum absolute atomic E-state index is 0.0488. The van der Waals surface area contributed by atoms with E-state index in [0.717, 1.165) is 19.5 Å². The fourth-order valence-corrected chi connectivity index (χ4v) is 7.73.